The lowest BCUT2D eigenvalue weighted by atomic mass is 10.3. The molecule has 0 amide bonds. The van der Waals surface area contributed by atoms with Crippen molar-refractivity contribution in [1.82, 2.24) is 9.97 Å². The minimum atomic E-state index is -3.13. The van der Waals surface area contributed by atoms with E-state index in [0.717, 1.165) is 11.0 Å². The molecule has 2 aromatic rings. The highest BCUT2D eigenvalue weighted by Gasteiger charge is 2.37. The van der Waals surface area contributed by atoms with Crippen molar-refractivity contribution in [3.8, 4) is 0 Å². The average Bonchev–Trinajstić information content (AvgIpc) is 2.79. The van der Waals surface area contributed by atoms with Gasteiger partial charge in [-0.2, -0.15) is 0 Å². The Hall–Kier alpha value is -1.25. The van der Waals surface area contributed by atoms with Gasteiger partial charge in [0.2, 0.25) is 0 Å². The largest absolute Gasteiger partial charge is 0.399 e. The van der Waals surface area contributed by atoms with E-state index in [1.54, 1.807) is 18.2 Å². The van der Waals surface area contributed by atoms with Crippen molar-refractivity contribution in [2.45, 2.75) is 16.5 Å². The SMILES string of the molecule is Nc1ccc2nc(SC3CS(=O)(=O)CC3O)[nH]c2c1. The van der Waals surface area contributed by atoms with Gasteiger partial charge < -0.3 is 15.8 Å². The number of aliphatic hydroxyl groups is 1. The van der Waals surface area contributed by atoms with Crippen molar-refractivity contribution in [2.24, 2.45) is 0 Å². The number of thioether (sulfide) groups is 1. The summed E-state index contributed by atoms with van der Waals surface area (Å²) in [6.45, 7) is 0. The minimum absolute atomic E-state index is 0.0159. The van der Waals surface area contributed by atoms with Crippen LogP contribution in [-0.2, 0) is 9.84 Å². The molecule has 0 spiro atoms. The first kappa shape index (κ1) is 12.8. The number of nitrogens with two attached hydrogens (primary N) is 1. The van der Waals surface area contributed by atoms with E-state index >= 15 is 0 Å². The second-order valence-electron chi connectivity index (χ2n) is 4.62. The summed E-state index contributed by atoms with van der Waals surface area (Å²) in [5.74, 6) is -0.185. The van der Waals surface area contributed by atoms with Crippen molar-refractivity contribution in [3.63, 3.8) is 0 Å². The number of aromatic nitrogens is 2. The first-order valence-corrected chi connectivity index (χ1v) is 8.43. The quantitative estimate of drug-likeness (QED) is 0.692. The molecule has 102 valence electrons. The standard InChI is InChI=1S/C11H13N3O3S2/c12-6-1-2-7-8(3-6)14-11(13-7)18-10-5-19(16,17)4-9(10)15/h1-3,9-10,15H,4-5,12H2,(H,13,14). The van der Waals surface area contributed by atoms with Crippen LogP contribution in [0.4, 0.5) is 5.69 Å². The molecule has 0 saturated carbocycles. The number of fused-ring (bicyclic) bond motifs is 1. The summed E-state index contributed by atoms with van der Waals surface area (Å²) >= 11 is 1.26. The van der Waals surface area contributed by atoms with Crippen molar-refractivity contribution < 1.29 is 13.5 Å². The molecule has 1 fully saturated rings. The van der Waals surface area contributed by atoms with Crippen LogP contribution in [0.1, 0.15) is 0 Å². The van der Waals surface area contributed by atoms with Crippen LogP contribution in [0.3, 0.4) is 0 Å². The van der Waals surface area contributed by atoms with Crippen LogP contribution >= 0.6 is 11.8 Å². The lowest BCUT2D eigenvalue weighted by Crippen LogP contribution is -2.20. The Morgan fingerprint density at radius 2 is 2.21 bits per heavy atom. The molecule has 2 heterocycles. The molecule has 2 unspecified atom stereocenters. The molecule has 1 saturated heterocycles. The number of nitrogens with zero attached hydrogens (tertiary/aromatic N) is 1. The molecule has 0 radical (unpaired) electrons. The van der Waals surface area contributed by atoms with E-state index in [1.165, 1.54) is 11.8 Å². The minimum Gasteiger partial charge on any atom is -0.399 e. The first-order chi connectivity index (χ1) is 8.93. The Bertz CT molecular complexity index is 726. The van der Waals surface area contributed by atoms with Crippen LogP contribution in [0.15, 0.2) is 23.4 Å². The Labute approximate surface area is 114 Å². The number of nitrogens with one attached hydrogen (secondary N) is 1. The predicted octanol–water partition coefficient (Wildman–Crippen LogP) is 0.395. The molecular formula is C11H13N3O3S2. The van der Waals surface area contributed by atoms with Gasteiger partial charge >= 0.3 is 0 Å². The smallest absolute Gasteiger partial charge is 0.166 e. The van der Waals surface area contributed by atoms with Gasteiger partial charge in [0.25, 0.3) is 0 Å². The fraction of sp³-hybridized carbons (Fsp3) is 0.364. The van der Waals surface area contributed by atoms with Gasteiger partial charge in [-0.25, -0.2) is 13.4 Å². The highest BCUT2D eigenvalue weighted by molar-refractivity contribution is 8.01. The van der Waals surface area contributed by atoms with E-state index in [-0.39, 0.29) is 16.8 Å². The monoisotopic (exact) mass is 299 g/mol. The number of sulfone groups is 1. The van der Waals surface area contributed by atoms with Crippen LogP contribution in [-0.4, -0.2) is 46.4 Å². The van der Waals surface area contributed by atoms with E-state index in [9.17, 15) is 13.5 Å². The van der Waals surface area contributed by atoms with Crippen molar-refractivity contribution >= 4 is 38.3 Å². The highest BCUT2D eigenvalue weighted by atomic mass is 32.2. The number of aromatic amines is 1. The lowest BCUT2D eigenvalue weighted by molar-refractivity contribution is 0.207. The molecule has 3 rings (SSSR count). The number of H-pyrrole nitrogens is 1. The van der Waals surface area contributed by atoms with E-state index in [0.29, 0.717) is 10.8 Å². The zero-order valence-electron chi connectivity index (χ0n) is 9.91. The number of imidazole rings is 1. The van der Waals surface area contributed by atoms with Crippen molar-refractivity contribution in [2.75, 3.05) is 17.2 Å². The fourth-order valence-electron chi connectivity index (χ4n) is 2.11. The van der Waals surface area contributed by atoms with Gasteiger partial charge in [0.1, 0.15) is 0 Å². The number of benzene rings is 1. The maximum atomic E-state index is 11.4. The van der Waals surface area contributed by atoms with Crippen LogP contribution in [0.5, 0.6) is 0 Å². The van der Waals surface area contributed by atoms with Crippen LogP contribution in [0, 0.1) is 0 Å². The average molecular weight is 299 g/mol. The second-order valence-corrected chi connectivity index (χ2v) is 8.00. The second kappa shape index (κ2) is 4.39. The summed E-state index contributed by atoms with van der Waals surface area (Å²) in [5, 5.41) is 9.97. The van der Waals surface area contributed by atoms with Gasteiger partial charge in [0.05, 0.1) is 33.9 Å². The van der Waals surface area contributed by atoms with Gasteiger partial charge in [-0.15, -0.1) is 0 Å². The Morgan fingerprint density at radius 3 is 2.89 bits per heavy atom. The molecule has 8 heteroatoms. The molecule has 1 aromatic heterocycles. The molecule has 0 bridgehead atoms. The molecular weight excluding hydrogens is 286 g/mol. The van der Waals surface area contributed by atoms with Crippen molar-refractivity contribution in [3.05, 3.63) is 18.2 Å². The van der Waals surface area contributed by atoms with Crippen LogP contribution in [0.25, 0.3) is 11.0 Å². The zero-order valence-corrected chi connectivity index (χ0v) is 11.5. The molecule has 0 aliphatic carbocycles. The third-order valence-corrected chi connectivity index (χ3v) is 6.15. The van der Waals surface area contributed by atoms with E-state index in [1.807, 2.05) is 0 Å². The maximum Gasteiger partial charge on any atom is 0.166 e. The number of nitrogen functional groups attached to an aromatic ring is 1. The molecule has 1 aliphatic heterocycles. The molecule has 6 nitrogen and oxygen atoms in total. The predicted molar refractivity (Wildman–Crippen MR) is 74.8 cm³/mol. The number of aliphatic hydroxyl groups excluding tert-OH is 1. The number of hydrogen-bond acceptors (Lipinski definition) is 6. The van der Waals surface area contributed by atoms with Crippen LogP contribution < -0.4 is 5.73 Å². The van der Waals surface area contributed by atoms with Gasteiger partial charge in [-0.1, -0.05) is 11.8 Å². The van der Waals surface area contributed by atoms with Gasteiger partial charge in [0.15, 0.2) is 15.0 Å². The number of rotatable bonds is 2. The molecule has 1 aliphatic rings. The van der Waals surface area contributed by atoms with E-state index in [2.05, 4.69) is 9.97 Å². The van der Waals surface area contributed by atoms with Crippen LogP contribution in [0.2, 0.25) is 0 Å². The summed E-state index contributed by atoms with van der Waals surface area (Å²) in [5.41, 5.74) is 7.89. The topological polar surface area (TPSA) is 109 Å². The normalized spacial score (nSPS) is 25.9. The molecule has 1 aromatic carbocycles. The maximum absolute atomic E-state index is 11.4. The first-order valence-electron chi connectivity index (χ1n) is 5.73. The number of hydrogen-bond donors (Lipinski definition) is 3. The van der Waals surface area contributed by atoms with Gasteiger partial charge in [0, 0.05) is 5.69 Å². The Morgan fingerprint density at radius 1 is 1.42 bits per heavy atom. The van der Waals surface area contributed by atoms with Gasteiger partial charge in [-0.05, 0) is 18.2 Å². The fourth-order valence-corrected chi connectivity index (χ4v) is 5.60. The van der Waals surface area contributed by atoms with E-state index in [4.69, 9.17) is 5.73 Å². The zero-order chi connectivity index (χ0) is 13.6. The summed E-state index contributed by atoms with van der Waals surface area (Å²) in [7, 11) is -3.13. The third kappa shape index (κ3) is 2.56. The Kier molecular flexibility index (Phi) is 2.95. The molecule has 19 heavy (non-hydrogen) atoms. The molecule has 2 atom stereocenters. The Balaban J connectivity index is 1.86. The summed E-state index contributed by atoms with van der Waals surface area (Å²) in [6, 6.07) is 5.33. The summed E-state index contributed by atoms with van der Waals surface area (Å²) in [4.78, 5) is 7.42. The molecule has 4 N–H and O–H groups in total. The summed E-state index contributed by atoms with van der Waals surface area (Å²) in [6.07, 6.45) is -0.840. The van der Waals surface area contributed by atoms with Gasteiger partial charge in [-0.3, -0.25) is 0 Å². The summed E-state index contributed by atoms with van der Waals surface area (Å²) < 4.78 is 22.9. The highest BCUT2D eigenvalue weighted by Crippen LogP contribution is 2.31. The third-order valence-electron chi connectivity index (χ3n) is 3.02. The lowest BCUT2D eigenvalue weighted by Gasteiger charge is -2.09. The number of anilines is 1. The van der Waals surface area contributed by atoms with Crippen molar-refractivity contribution in [1.29, 1.82) is 0 Å². The van der Waals surface area contributed by atoms with E-state index < -0.39 is 15.9 Å².